The van der Waals surface area contributed by atoms with Gasteiger partial charge in [0, 0.05) is 18.7 Å². The number of para-hydroxylation sites is 1. The summed E-state index contributed by atoms with van der Waals surface area (Å²) < 4.78 is 5.63. The highest BCUT2D eigenvalue weighted by molar-refractivity contribution is 6.04. The van der Waals surface area contributed by atoms with Crippen molar-refractivity contribution in [1.29, 1.82) is 0 Å². The Morgan fingerprint density at radius 1 is 1.16 bits per heavy atom. The number of esters is 1. The quantitative estimate of drug-likeness (QED) is 0.747. The maximum Gasteiger partial charge on any atom is 0.339 e. The molecule has 2 heterocycles. The minimum Gasteiger partial charge on any atom is -0.445 e. The van der Waals surface area contributed by atoms with Crippen molar-refractivity contribution >= 4 is 17.6 Å². The summed E-state index contributed by atoms with van der Waals surface area (Å²) in [6.45, 7) is 4.55. The van der Waals surface area contributed by atoms with E-state index in [0.717, 1.165) is 17.7 Å². The van der Waals surface area contributed by atoms with Crippen molar-refractivity contribution in [2.45, 2.75) is 38.2 Å². The van der Waals surface area contributed by atoms with E-state index in [1.165, 1.54) is 5.56 Å². The second kappa shape index (κ2) is 5.73. The molecule has 2 aromatic rings. The fraction of sp³-hybridized carbons (Fsp3) is 0.333. The van der Waals surface area contributed by atoms with Gasteiger partial charge in [0.05, 0.1) is 5.56 Å². The van der Waals surface area contributed by atoms with E-state index in [1.54, 1.807) is 17.9 Å². The summed E-state index contributed by atoms with van der Waals surface area (Å²) in [7, 11) is 0. The van der Waals surface area contributed by atoms with Gasteiger partial charge in [-0.15, -0.1) is 0 Å². The van der Waals surface area contributed by atoms with Crippen LogP contribution in [0.3, 0.4) is 0 Å². The summed E-state index contributed by atoms with van der Waals surface area (Å²) in [6.07, 6.45) is 1.31. The molecule has 0 spiro atoms. The largest absolute Gasteiger partial charge is 0.445 e. The molecule has 4 rings (SSSR count). The van der Waals surface area contributed by atoms with Gasteiger partial charge >= 0.3 is 5.97 Å². The maximum atomic E-state index is 13.3. The lowest BCUT2D eigenvalue weighted by atomic mass is 9.86. The molecule has 2 aliphatic heterocycles. The predicted molar refractivity (Wildman–Crippen MR) is 95.8 cm³/mol. The molecule has 0 aliphatic carbocycles. The topological polar surface area (TPSA) is 46.6 Å². The molecule has 0 saturated carbocycles. The summed E-state index contributed by atoms with van der Waals surface area (Å²) in [4.78, 5) is 27.5. The van der Waals surface area contributed by atoms with Gasteiger partial charge in [0.2, 0.25) is 0 Å². The molecule has 0 bridgehead atoms. The first-order valence-corrected chi connectivity index (χ1v) is 8.72. The SMILES string of the molecule is CC1CCN(C(=O)C2(C)Cc3ccccc3C(=O)O2)c2ccccc21. The first-order valence-electron chi connectivity index (χ1n) is 8.72. The number of carbonyl (C=O) groups is 2. The van der Waals surface area contributed by atoms with Gasteiger partial charge in [-0.2, -0.15) is 0 Å². The van der Waals surface area contributed by atoms with E-state index in [4.69, 9.17) is 4.74 Å². The molecule has 2 aliphatic rings. The van der Waals surface area contributed by atoms with Crippen LogP contribution in [0.15, 0.2) is 48.5 Å². The lowest BCUT2D eigenvalue weighted by Crippen LogP contribution is -2.54. The van der Waals surface area contributed by atoms with Crippen LogP contribution in [0.1, 0.15) is 47.7 Å². The Labute approximate surface area is 147 Å². The normalized spacial score (nSPS) is 25.0. The summed E-state index contributed by atoms with van der Waals surface area (Å²) in [5.74, 6) is -0.145. The van der Waals surface area contributed by atoms with E-state index in [2.05, 4.69) is 13.0 Å². The number of benzene rings is 2. The van der Waals surface area contributed by atoms with E-state index in [1.807, 2.05) is 36.4 Å². The Balaban J connectivity index is 1.70. The third-order valence-electron chi connectivity index (χ3n) is 5.32. The van der Waals surface area contributed by atoms with Crippen molar-refractivity contribution in [1.82, 2.24) is 0 Å². The lowest BCUT2D eigenvalue weighted by molar-refractivity contribution is -0.137. The molecular weight excluding hydrogens is 314 g/mol. The smallest absolute Gasteiger partial charge is 0.339 e. The second-order valence-electron chi connectivity index (χ2n) is 7.16. The van der Waals surface area contributed by atoms with Gasteiger partial charge < -0.3 is 9.64 Å². The Morgan fingerprint density at radius 2 is 1.88 bits per heavy atom. The standard InChI is InChI=1S/C21H21NO3/c1-14-11-12-22(18-10-6-5-8-16(14)18)20(24)21(2)13-15-7-3-4-9-17(15)19(23)25-21/h3-10,14H,11-13H2,1-2H3. The zero-order chi connectivity index (χ0) is 17.6. The van der Waals surface area contributed by atoms with Crippen LogP contribution in [0.2, 0.25) is 0 Å². The Hall–Kier alpha value is -2.62. The Bertz CT molecular complexity index is 860. The van der Waals surface area contributed by atoms with Crippen molar-refractivity contribution in [2.75, 3.05) is 11.4 Å². The zero-order valence-corrected chi connectivity index (χ0v) is 14.5. The summed E-state index contributed by atoms with van der Waals surface area (Å²) in [5, 5.41) is 0. The number of hydrogen-bond acceptors (Lipinski definition) is 3. The number of ether oxygens (including phenoxy) is 1. The first-order chi connectivity index (χ1) is 12.0. The highest BCUT2D eigenvalue weighted by atomic mass is 16.6. The van der Waals surface area contributed by atoms with Crippen LogP contribution >= 0.6 is 0 Å². The molecule has 4 heteroatoms. The third-order valence-corrected chi connectivity index (χ3v) is 5.32. The van der Waals surface area contributed by atoms with Gasteiger partial charge in [0.25, 0.3) is 5.91 Å². The van der Waals surface area contributed by atoms with E-state index >= 15 is 0 Å². The van der Waals surface area contributed by atoms with Crippen molar-refractivity contribution in [2.24, 2.45) is 0 Å². The predicted octanol–water partition coefficient (Wildman–Crippen LogP) is 3.70. The number of carbonyl (C=O) groups excluding carboxylic acids is 2. The fourth-order valence-electron chi connectivity index (χ4n) is 3.90. The van der Waals surface area contributed by atoms with Gasteiger partial charge in [0.15, 0.2) is 5.60 Å². The van der Waals surface area contributed by atoms with Gasteiger partial charge in [-0.3, -0.25) is 4.79 Å². The van der Waals surface area contributed by atoms with Crippen LogP contribution in [0.25, 0.3) is 0 Å². The molecule has 0 N–H and O–H groups in total. The average molecular weight is 335 g/mol. The number of hydrogen-bond donors (Lipinski definition) is 0. The molecule has 2 atom stereocenters. The van der Waals surface area contributed by atoms with Gasteiger partial charge in [-0.25, -0.2) is 4.79 Å². The Kier molecular flexibility index (Phi) is 3.64. The summed E-state index contributed by atoms with van der Waals surface area (Å²) >= 11 is 0. The van der Waals surface area contributed by atoms with Gasteiger partial charge in [0.1, 0.15) is 0 Å². The number of nitrogens with zero attached hydrogens (tertiary/aromatic N) is 1. The third kappa shape index (κ3) is 2.53. The second-order valence-corrected chi connectivity index (χ2v) is 7.16. The Morgan fingerprint density at radius 3 is 2.72 bits per heavy atom. The molecule has 128 valence electrons. The van der Waals surface area contributed by atoms with Crippen LogP contribution in [0, 0.1) is 0 Å². The molecular formula is C21H21NO3. The van der Waals surface area contributed by atoms with Crippen molar-refractivity contribution in [3.63, 3.8) is 0 Å². The average Bonchev–Trinajstić information content (AvgIpc) is 2.62. The maximum absolute atomic E-state index is 13.3. The minimum absolute atomic E-state index is 0.144. The molecule has 1 amide bonds. The molecule has 2 aromatic carbocycles. The molecule has 2 unspecified atom stereocenters. The number of fused-ring (bicyclic) bond motifs is 2. The first kappa shape index (κ1) is 15.9. The summed E-state index contributed by atoms with van der Waals surface area (Å²) in [6, 6.07) is 15.3. The molecule has 0 radical (unpaired) electrons. The number of amides is 1. The van der Waals surface area contributed by atoms with Crippen LogP contribution in [0.5, 0.6) is 0 Å². The van der Waals surface area contributed by atoms with E-state index in [0.29, 0.717) is 24.4 Å². The monoisotopic (exact) mass is 335 g/mol. The molecule has 25 heavy (non-hydrogen) atoms. The molecule has 0 saturated heterocycles. The van der Waals surface area contributed by atoms with E-state index in [-0.39, 0.29) is 5.91 Å². The zero-order valence-electron chi connectivity index (χ0n) is 14.5. The van der Waals surface area contributed by atoms with Crippen LogP contribution in [0.4, 0.5) is 5.69 Å². The van der Waals surface area contributed by atoms with Crippen molar-refractivity contribution in [3.8, 4) is 0 Å². The van der Waals surface area contributed by atoms with Crippen molar-refractivity contribution < 1.29 is 14.3 Å². The summed E-state index contributed by atoms with van der Waals surface area (Å²) in [5.41, 5.74) is 2.36. The molecule has 0 aromatic heterocycles. The number of anilines is 1. The number of rotatable bonds is 1. The van der Waals surface area contributed by atoms with Crippen LogP contribution in [-0.2, 0) is 16.0 Å². The highest BCUT2D eigenvalue weighted by Crippen LogP contribution is 2.38. The van der Waals surface area contributed by atoms with E-state index < -0.39 is 11.6 Å². The number of cyclic esters (lactones) is 1. The molecule has 4 nitrogen and oxygen atoms in total. The highest BCUT2D eigenvalue weighted by Gasteiger charge is 2.46. The lowest BCUT2D eigenvalue weighted by Gasteiger charge is -2.40. The van der Waals surface area contributed by atoms with Crippen molar-refractivity contribution in [3.05, 3.63) is 65.2 Å². The van der Waals surface area contributed by atoms with Gasteiger partial charge in [-0.05, 0) is 42.5 Å². The van der Waals surface area contributed by atoms with Crippen LogP contribution < -0.4 is 4.90 Å². The van der Waals surface area contributed by atoms with Gasteiger partial charge in [-0.1, -0.05) is 43.3 Å². The van der Waals surface area contributed by atoms with E-state index in [9.17, 15) is 9.59 Å². The minimum atomic E-state index is -1.17. The van der Waals surface area contributed by atoms with Crippen LogP contribution in [-0.4, -0.2) is 24.0 Å². The fourth-order valence-corrected chi connectivity index (χ4v) is 3.90. The molecule has 0 fully saturated rings.